The van der Waals surface area contributed by atoms with E-state index in [0.717, 1.165) is 17.8 Å². The van der Waals surface area contributed by atoms with Gasteiger partial charge in [-0.2, -0.15) is 0 Å². The highest BCUT2D eigenvalue weighted by Crippen LogP contribution is 2.13. The molecule has 1 aromatic heterocycles. The molecule has 0 aliphatic carbocycles. The van der Waals surface area contributed by atoms with Crippen molar-refractivity contribution in [3.05, 3.63) is 78.1 Å². The lowest BCUT2D eigenvalue weighted by Gasteiger charge is -2.07. The quantitative estimate of drug-likeness (QED) is 0.745. The largest absolute Gasteiger partial charge is 0.324 e. The molecule has 0 saturated heterocycles. The molecule has 2 aromatic carbocycles. The Kier molecular flexibility index (Phi) is 4.81. The lowest BCUT2D eigenvalue weighted by atomic mass is 10.1. The lowest BCUT2D eigenvalue weighted by molar-refractivity contribution is 0.102. The lowest BCUT2D eigenvalue weighted by Crippen LogP contribution is -2.13. The van der Waals surface area contributed by atoms with E-state index in [0.29, 0.717) is 11.5 Å². The zero-order valence-corrected chi connectivity index (χ0v) is 13.4. The molecule has 0 spiro atoms. The van der Waals surface area contributed by atoms with Gasteiger partial charge in [0.25, 0.3) is 5.91 Å². The number of anilines is 3. The molecule has 0 unspecified atom stereocenters. The third-order valence-corrected chi connectivity index (χ3v) is 3.56. The molecule has 1 amide bonds. The molecule has 5 heteroatoms. The van der Waals surface area contributed by atoms with Crippen LogP contribution in [0.1, 0.15) is 22.8 Å². The van der Waals surface area contributed by atoms with Gasteiger partial charge in [-0.05, 0) is 36.2 Å². The Morgan fingerprint density at radius 3 is 2.21 bits per heavy atom. The molecule has 120 valence electrons. The summed E-state index contributed by atoms with van der Waals surface area (Å²) in [6.07, 6.45) is 3.99. The Morgan fingerprint density at radius 2 is 1.58 bits per heavy atom. The number of aromatic nitrogens is 2. The van der Waals surface area contributed by atoms with E-state index in [2.05, 4.69) is 27.5 Å². The van der Waals surface area contributed by atoms with Crippen molar-refractivity contribution in [1.29, 1.82) is 0 Å². The predicted octanol–water partition coefficient (Wildman–Crippen LogP) is 4.03. The maximum absolute atomic E-state index is 12.2. The van der Waals surface area contributed by atoms with Crippen molar-refractivity contribution in [3.63, 3.8) is 0 Å². The van der Waals surface area contributed by atoms with Gasteiger partial charge in [-0.1, -0.05) is 37.3 Å². The molecule has 2 N–H and O–H groups in total. The number of rotatable bonds is 5. The summed E-state index contributed by atoms with van der Waals surface area (Å²) in [5.74, 6) is 0.218. The van der Waals surface area contributed by atoms with Crippen LogP contribution < -0.4 is 10.6 Å². The highest BCUT2D eigenvalue weighted by molar-refractivity contribution is 6.03. The topological polar surface area (TPSA) is 66.9 Å². The second-order valence-corrected chi connectivity index (χ2v) is 5.29. The van der Waals surface area contributed by atoms with Gasteiger partial charge in [-0.15, -0.1) is 0 Å². The van der Waals surface area contributed by atoms with Crippen LogP contribution in [0.15, 0.2) is 67.0 Å². The Bertz CT molecular complexity index is 799. The van der Waals surface area contributed by atoms with Crippen LogP contribution in [-0.4, -0.2) is 15.9 Å². The number of para-hydroxylation sites is 1. The van der Waals surface area contributed by atoms with E-state index in [9.17, 15) is 4.79 Å². The average Bonchev–Trinajstić information content (AvgIpc) is 2.64. The van der Waals surface area contributed by atoms with Gasteiger partial charge < -0.3 is 10.6 Å². The molecule has 0 aliphatic heterocycles. The number of nitrogens with zero attached hydrogens (tertiary/aromatic N) is 2. The van der Waals surface area contributed by atoms with Crippen molar-refractivity contribution in [2.24, 2.45) is 0 Å². The summed E-state index contributed by atoms with van der Waals surface area (Å²) < 4.78 is 0. The van der Waals surface area contributed by atoms with E-state index in [-0.39, 0.29) is 5.91 Å². The first-order chi connectivity index (χ1) is 11.7. The maximum Gasteiger partial charge on any atom is 0.258 e. The molecular weight excluding hydrogens is 300 g/mol. The minimum atomic E-state index is -0.231. The van der Waals surface area contributed by atoms with Crippen LogP contribution in [0, 0.1) is 0 Å². The number of aryl methyl sites for hydroxylation is 1. The number of benzene rings is 2. The first-order valence-corrected chi connectivity index (χ1v) is 7.79. The molecule has 0 fully saturated rings. The van der Waals surface area contributed by atoms with Crippen LogP contribution in [0.25, 0.3) is 0 Å². The predicted molar refractivity (Wildman–Crippen MR) is 95.5 cm³/mol. The highest BCUT2D eigenvalue weighted by atomic mass is 16.1. The van der Waals surface area contributed by atoms with Crippen molar-refractivity contribution in [2.45, 2.75) is 13.3 Å². The van der Waals surface area contributed by atoms with E-state index < -0.39 is 0 Å². The van der Waals surface area contributed by atoms with Gasteiger partial charge in [0.15, 0.2) is 0 Å². The molecular formula is C19H18N4O. The summed E-state index contributed by atoms with van der Waals surface area (Å²) >= 11 is 0. The van der Waals surface area contributed by atoms with E-state index in [1.54, 1.807) is 0 Å². The number of hydrogen-bond donors (Lipinski definition) is 2. The molecule has 5 nitrogen and oxygen atoms in total. The second-order valence-electron chi connectivity index (χ2n) is 5.29. The van der Waals surface area contributed by atoms with Crippen LogP contribution in [0.3, 0.4) is 0 Å². The highest BCUT2D eigenvalue weighted by Gasteiger charge is 2.08. The van der Waals surface area contributed by atoms with Crippen LogP contribution in [0.5, 0.6) is 0 Å². The summed E-state index contributed by atoms with van der Waals surface area (Å²) in [5.41, 5.74) is 3.29. The summed E-state index contributed by atoms with van der Waals surface area (Å²) in [6, 6.07) is 17.4. The number of amides is 1. The van der Waals surface area contributed by atoms with Gasteiger partial charge in [0.05, 0.1) is 5.56 Å². The van der Waals surface area contributed by atoms with Crippen molar-refractivity contribution in [3.8, 4) is 0 Å². The number of carbonyl (C=O) groups is 1. The zero-order chi connectivity index (χ0) is 16.8. The Morgan fingerprint density at radius 1 is 0.917 bits per heavy atom. The number of nitrogens with one attached hydrogen (secondary N) is 2. The third-order valence-electron chi connectivity index (χ3n) is 3.56. The molecule has 3 aromatic rings. The molecule has 0 radical (unpaired) electrons. The van der Waals surface area contributed by atoms with Crippen molar-refractivity contribution >= 4 is 23.2 Å². The Labute approximate surface area is 140 Å². The molecule has 3 rings (SSSR count). The molecule has 0 atom stereocenters. The van der Waals surface area contributed by atoms with E-state index >= 15 is 0 Å². The normalized spacial score (nSPS) is 10.2. The fourth-order valence-electron chi connectivity index (χ4n) is 2.19. The van der Waals surface area contributed by atoms with Crippen LogP contribution in [-0.2, 0) is 6.42 Å². The smallest absolute Gasteiger partial charge is 0.258 e. The minimum absolute atomic E-state index is 0.231. The maximum atomic E-state index is 12.2. The van der Waals surface area contributed by atoms with Gasteiger partial charge in [0, 0.05) is 23.8 Å². The third kappa shape index (κ3) is 3.95. The monoisotopic (exact) mass is 318 g/mol. The fraction of sp³-hybridized carbons (Fsp3) is 0.105. The standard InChI is InChI=1S/C19H18N4O/c1-2-14-8-10-17(11-9-14)22-18(24)15-12-20-19(21-13-15)23-16-6-4-3-5-7-16/h3-13H,2H2,1H3,(H,22,24)(H,20,21,23). The summed E-state index contributed by atoms with van der Waals surface area (Å²) in [7, 11) is 0. The van der Waals surface area contributed by atoms with Gasteiger partial charge >= 0.3 is 0 Å². The Hall–Kier alpha value is -3.21. The van der Waals surface area contributed by atoms with Crippen LogP contribution in [0.2, 0.25) is 0 Å². The molecule has 1 heterocycles. The van der Waals surface area contributed by atoms with E-state index in [4.69, 9.17) is 0 Å². The first kappa shape index (κ1) is 15.7. The van der Waals surface area contributed by atoms with Crippen molar-refractivity contribution in [2.75, 3.05) is 10.6 Å². The summed E-state index contributed by atoms with van der Waals surface area (Å²) in [4.78, 5) is 20.6. The molecule has 0 saturated carbocycles. The van der Waals surface area contributed by atoms with Crippen LogP contribution >= 0.6 is 0 Å². The summed E-state index contributed by atoms with van der Waals surface area (Å²) in [5, 5.41) is 5.92. The van der Waals surface area contributed by atoms with Gasteiger partial charge in [-0.3, -0.25) is 4.79 Å². The van der Waals surface area contributed by atoms with E-state index in [1.807, 2.05) is 54.6 Å². The van der Waals surface area contributed by atoms with Crippen molar-refractivity contribution in [1.82, 2.24) is 9.97 Å². The van der Waals surface area contributed by atoms with Gasteiger partial charge in [0.1, 0.15) is 0 Å². The van der Waals surface area contributed by atoms with Crippen LogP contribution in [0.4, 0.5) is 17.3 Å². The summed E-state index contributed by atoms with van der Waals surface area (Å²) in [6.45, 7) is 2.09. The fourth-order valence-corrected chi connectivity index (χ4v) is 2.19. The average molecular weight is 318 g/mol. The number of hydrogen-bond acceptors (Lipinski definition) is 4. The van der Waals surface area contributed by atoms with Crippen molar-refractivity contribution < 1.29 is 4.79 Å². The molecule has 24 heavy (non-hydrogen) atoms. The second kappa shape index (κ2) is 7.37. The SMILES string of the molecule is CCc1ccc(NC(=O)c2cnc(Nc3ccccc3)nc2)cc1. The van der Waals surface area contributed by atoms with E-state index in [1.165, 1.54) is 18.0 Å². The van der Waals surface area contributed by atoms with Gasteiger partial charge in [-0.25, -0.2) is 9.97 Å². The Balaban J connectivity index is 1.64. The zero-order valence-electron chi connectivity index (χ0n) is 13.4. The number of carbonyl (C=O) groups excluding carboxylic acids is 1. The molecule has 0 aliphatic rings. The van der Waals surface area contributed by atoms with Gasteiger partial charge in [0.2, 0.25) is 5.95 Å². The molecule has 0 bridgehead atoms. The minimum Gasteiger partial charge on any atom is -0.324 e. The first-order valence-electron chi connectivity index (χ1n) is 7.79.